The van der Waals surface area contributed by atoms with Gasteiger partial charge in [0.2, 0.25) is 5.91 Å². The Labute approximate surface area is 105 Å². The van der Waals surface area contributed by atoms with Gasteiger partial charge < -0.3 is 11.1 Å². The number of hydrogen-bond donors (Lipinski definition) is 2. The van der Waals surface area contributed by atoms with Crippen molar-refractivity contribution in [3.63, 3.8) is 0 Å². The predicted octanol–water partition coefficient (Wildman–Crippen LogP) is 2.20. The molecule has 2 atom stereocenters. The minimum Gasteiger partial charge on any atom is -0.356 e. The Bertz CT molecular complexity index is 271. The van der Waals surface area contributed by atoms with Crippen LogP contribution in [-0.2, 0) is 4.79 Å². The van der Waals surface area contributed by atoms with Gasteiger partial charge in [-0.2, -0.15) is 0 Å². The largest absolute Gasteiger partial charge is 0.356 e. The third-order valence-electron chi connectivity index (χ3n) is 4.71. The Kier molecular flexibility index (Phi) is 4.08. The van der Waals surface area contributed by atoms with Crippen molar-refractivity contribution in [3.05, 3.63) is 0 Å². The van der Waals surface area contributed by atoms with Crippen LogP contribution < -0.4 is 11.1 Å². The average Bonchev–Trinajstić information content (AvgIpc) is 2.85. The summed E-state index contributed by atoms with van der Waals surface area (Å²) in [5.74, 6) is 1.62. The number of nitrogens with two attached hydrogens (primary N) is 1. The molecule has 3 nitrogen and oxygen atoms in total. The SMILES string of the molecule is CC1CCCC1CNC(=O)CC1(N)CCCC1. The number of rotatable bonds is 4. The minimum atomic E-state index is -0.203. The zero-order chi connectivity index (χ0) is 12.3. The summed E-state index contributed by atoms with van der Waals surface area (Å²) in [6.45, 7) is 3.15. The van der Waals surface area contributed by atoms with Crippen LogP contribution in [0, 0.1) is 11.8 Å². The normalized spacial score (nSPS) is 31.6. The van der Waals surface area contributed by atoms with Crippen molar-refractivity contribution in [2.24, 2.45) is 17.6 Å². The molecule has 0 saturated heterocycles. The molecule has 2 aliphatic rings. The Morgan fingerprint density at radius 2 is 2.00 bits per heavy atom. The van der Waals surface area contributed by atoms with E-state index >= 15 is 0 Å². The fraction of sp³-hybridized carbons (Fsp3) is 0.929. The Hall–Kier alpha value is -0.570. The first kappa shape index (κ1) is 12.9. The van der Waals surface area contributed by atoms with Gasteiger partial charge >= 0.3 is 0 Å². The van der Waals surface area contributed by atoms with E-state index in [4.69, 9.17) is 5.73 Å². The lowest BCUT2D eigenvalue weighted by Crippen LogP contribution is -2.43. The third-order valence-corrected chi connectivity index (χ3v) is 4.71. The van der Waals surface area contributed by atoms with E-state index in [2.05, 4.69) is 12.2 Å². The fourth-order valence-electron chi connectivity index (χ4n) is 3.41. The van der Waals surface area contributed by atoms with Crippen molar-refractivity contribution in [3.8, 4) is 0 Å². The molecule has 98 valence electrons. The molecule has 0 aliphatic heterocycles. The molecule has 0 aromatic rings. The molecule has 2 rings (SSSR count). The molecule has 0 bridgehead atoms. The van der Waals surface area contributed by atoms with Gasteiger partial charge in [-0.15, -0.1) is 0 Å². The van der Waals surface area contributed by atoms with Gasteiger partial charge in [0.25, 0.3) is 0 Å². The summed E-state index contributed by atoms with van der Waals surface area (Å²) in [6, 6.07) is 0. The maximum atomic E-state index is 11.9. The molecule has 3 heteroatoms. The maximum absolute atomic E-state index is 11.9. The summed E-state index contributed by atoms with van der Waals surface area (Å²) in [5, 5.41) is 3.09. The fourth-order valence-corrected chi connectivity index (χ4v) is 3.41. The summed E-state index contributed by atoms with van der Waals surface area (Å²) in [6.07, 6.45) is 8.83. The van der Waals surface area contributed by atoms with Crippen LogP contribution in [-0.4, -0.2) is 18.0 Å². The van der Waals surface area contributed by atoms with Gasteiger partial charge in [0.15, 0.2) is 0 Å². The highest BCUT2D eigenvalue weighted by atomic mass is 16.1. The molecule has 17 heavy (non-hydrogen) atoms. The smallest absolute Gasteiger partial charge is 0.221 e. The van der Waals surface area contributed by atoms with E-state index in [0.29, 0.717) is 12.3 Å². The summed E-state index contributed by atoms with van der Waals surface area (Å²) in [7, 11) is 0. The summed E-state index contributed by atoms with van der Waals surface area (Å²) < 4.78 is 0. The molecule has 0 spiro atoms. The van der Waals surface area contributed by atoms with E-state index in [9.17, 15) is 4.79 Å². The van der Waals surface area contributed by atoms with Gasteiger partial charge in [-0.05, 0) is 31.1 Å². The highest BCUT2D eigenvalue weighted by Crippen LogP contribution is 2.31. The lowest BCUT2D eigenvalue weighted by atomic mass is 9.94. The van der Waals surface area contributed by atoms with Crippen molar-refractivity contribution in [2.45, 2.75) is 63.8 Å². The topological polar surface area (TPSA) is 55.1 Å². The summed E-state index contributed by atoms with van der Waals surface area (Å²) in [5.41, 5.74) is 6.01. The molecule has 2 unspecified atom stereocenters. The van der Waals surface area contributed by atoms with Crippen LogP contribution in [0.1, 0.15) is 58.3 Å². The van der Waals surface area contributed by atoms with E-state index in [1.165, 1.54) is 32.1 Å². The van der Waals surface area contributed by atoms with E-state index < -0.39 is 0 Å². The van der Waals surface area contributed by atoms with Crippen LogP contribution in [0.2, 0.25) is 0 Å². The summed E-state index contributed by atoms with van der Waals surface area (Å²) >= 11 is 0. The quantitative estimate of drug-likeness (QED) is 0.789. The molecule has 3 N–H and O–H groups in total. The molecule has 0 heterocycles. The van der Waals surface area contributed by atoms with E-state index in [-0.39, 0.29) is 11.4 Å². The van der Waals surface area contributed by atoms with Gasteiger partial charge in [0, 0.05) is 18.5 Å². The molecule has 0 aromatic heterocycles. The zero-order valence-electron chi connectivity index (χ0n) is 11.0. The molecule has 0 aromatic carbocycles. The van der Waals surface area contributed by atoms with Crippen molar-refractivity contribution in [1.82, 2.24) is 5.32 Å². The van der Waals surface area contributed by atoms with Crippen LogP contribution in [0.3, 0.4) is 0 Å². The first-order valence-electron chi connectivity index (χ1n) is 7.15. The lowest BCUT2D eigenvalue weighted by molar-refractivity contribution is -0.122. The number of hydrogen-bond acceptors (Lipinski definition) is 2. The van der Waals surface area contributed by atoms with Crippen molar-refractivity contribution < 1.29 is 4.79 Å². The van der Waals surface area contributed by atoms with Gasteiger partial charge in [0.1, 0.15) is 0 Å². The number of carbonyl (C=O) groups excluding carboxylic acids is 1. The Morgan fingerprint density at radius 1 is 1.29 bits per heavy atom. The Morgan fingerprint density at radius 3 is 2.59 bits per heavy atom. The number of amides is 1. The van der Waals surface area contributed by atoms with Gasteiger partial charge in [-0.1, -0.05) is 32.6 Å². The van der Waals surface area contributed by atoms with Crippen LogP contribution in [0.4, 0.5) is 0 Å². The molecule has 0 radical (unpaired) electrons. The minimum absolute atomic E-state index is 0.161. The van der Waals surface area contributed by atoms with Crippen LogP contribution in [0.5, 0.6) is 0 Å². The first-order chi connectivity index (χ1) is 8.09. The van der Waals surface area contributed by atoms with Crippen LogP contribution in [0.25, 0.3) is 0 Å². The highest BCUT2D eigenvalue weighted by molar-refractivity contribution is 5.77. The first-order valence-corrected chi connectivity index (χ1v) is 7.15. The average molecular weight is 238 g/mol. The number of carbonyl (C=O) groups is 1. The van der Waals surface area contributed by atoms with E-state index in [0.717, 1.165) is 25.3 Å². The van der Waals surface area contributed by atoms with Crippen molar-refractivity contribution in [1.29, 1.82) is 0 Å². The standard InChI is InChI=1S/C14H26N2O/c1-11-5-4-6-12(11)10-16-13(17)9-14(15)7-2-3-8-14/h11-12H,2-10,15H2,1H3,(H,16,17). The second-order valence-electron chi connectivity index (χ2n) is 6.22. The maximum Gasteiger partial charge on any atom is 0.221 e. The van der Waals surface area contributed by atoms with Crippen molar-refractivity contribution in [2.75, 3.05) is 6.54 Å². The molecular weight excluding hydrogens is 212 g/mol. The molecule has 2 aliphatic carbocycles. The lowest BCUT2D eigenvalue weighted by Gasteiger charge is -2.23. The number of nitrogens with one attached hydrogen (secondary N) is 1. The van der Waals surface area contributed by atoms with Gasteiger partial charge in [0.05, 0.1) is 0 Å². The Balaban J connectivity index is 1.70. The van der Waals surface area contributed by atoms with E-state index in [1.54, 1.807) is 0 Å². The molecule has 1 amide bonds. The molecule has 2 saturated carbocycles. The van der Waals surface area contributed by atoms with Gasteiger partial charge in [-0.3, -0.25) is 4.79 Å². The van der Waals surface area contributed by atoms with Crippen molar-refractivity contribution >= 4 is 5.91 Å². The monoisotopic (exact) mass is 238 g/mol. The van der Waals surface area contributed by atoms with Crippen LogP contribution in [0.15, 0.2) is 0 Å². The second kappa shape index (κ2) is 5.38. The highest BCUT2D eigenvalue weighted by Gasteiger charge is 2.32. The summed E-state index contributed by atoms with van der Waals surface area (Å²) in [4.78, 5) is 11.9. The second-order valence-corrected chi connectivity index (χ2v) is 6.22. The van der Waals surface area contributed by atoms with Gasteiger partial charge in [-0.25, -0.2) is 0 Å². The molecular formula is C14H26N2O. The molecule has 2 fully saturated rings. The predicted molar refractivity (Wildman–Crippen MR) is 69.5 cm³/mol. The zero-order valence-corrected chi connectivity index (χ0v) is 11.0. The van der Waals surface area contributed by atoms with Crippen LogP contribution >= 0.6 is 0 Å². The van der Waals surface area contributed by atoms with E-state index in [1.807, 2.05) is 0 Å². The third kappa shape index (κ3) is 3.44.